The molecule has 0 heterocycles. The summed E-state index contributed by atoms with van der Waals surface area (Å²) in [5, 5.41) is 3.66. The molecule has 0 fully saturated rings. The maximum Gasteiger partial charge on any atom is 0.317 e. The quantitative estimate of drug-likeness (QED) is 0.735. The molecule has 2 aromatic carbocycles. The molecule has 2 aromatic rings. The van der Waals surface area contributed by atoms with Crippen LogP contribution in [0.1, 0.15) is 23.6 Å². The van der Waals surface area contributed by atoms with Crippen LogP contribution in [0.15, 0.2) is 42.5 Å². The first-order valence-corrected chi connectivity index (χ1v) is 8.85. The molecule has 0 saturated carbocycles. The highest BCUT2D eigenvalue weighted by atomic mass is 35.5. The fraction of sp³-hybridized carbons (Fsp3) is 0.350. The van der Waals surface area contributed by atoms with Crippen molar-refractivity contribution in [3.63, 3.8) is 0 Å². The van der Waals surface area contributed by atoms with Gasteiger partial charge < -0.3 is 15.0 Å². The standard InChI is InChI=1S/C20H25ClN2O2/c1-4-23(14-17-8-6-5-7-9-17)20(24)22-10-11-25-18-12-15(2)19(21)16(3)13-18/h5-9,12-13H,4,10-11,14H2,1-3H3,(H,22,24). The Labute approximate surface area is 154 Å². The van der Waals surface area contributed by atoms with E-state index in [1.54, 1.807) is 4.90 Å². The van der Waals surface area contributed by atoms with Crippen LogP contribution in [-0.2, 0) is 6.54 Å². The van der Waals surface area contributed by atoms with Crippen molar-refractivity contribution in [3.05, 3.63) is 64.2 Å². The highest BCUT2D eigenvalue weighted by Gasteiger charge is 2.11. The number of amides is 2. The van der Waals surface area contributed by atoms with Gasteiger partial charge in [0.25, 0.3) is 0 Å². The molecule has 5 heteroatoms. The van der Waals surface area contributed by atoms with E-state index in [1.165, 1.54) is 0 Å². The third kappa shape index (κ3) is 5.68. The number of nitrogens with zero attached hydrogens (tertiary/aromatic N) is 1. The van der Waals surface area contributed by atoms with E-state index >= 15 is 0 Å². The molecule has 0 aromatic heterocycles. The van der Waals surface area contributed by atoms with Gasteiger partial charge in [-0.3, -0.25) is 0 Å². The van der Waals surface area contributed by atoms with E-state index in [1.807, 2.05) is 63.2 Å². The van der Waals surface area contributed by atoms with E-state index in [0.29, 0.717) is 26.2 Å². The number of halogens is 1. The summed E-state index contributed by atoms with van der Waals surface area (Å²) in [5.74, 6) is 0.769. The maximum absolute atomic E-state index is 12.3. The van der Waals surface area contributed by atoms with Crippen LogP contribution in [0.5, 0.6) is 5.75 Å². The van der Waals surface area contributed by atoms with E-state index in [0.717, 1.165) is 27.5 Å². The summed E-state index contributed by atoms with van der Waals surface area (Å²) in [7, 11) is 0. The number of aryl methyl sites for hydroxylation is 2. The molecular formula is C20H25ClN2O2. The van der Waals surface area contributed by atoms with Crippen molar-refractivity contribution < 1.29 is 9.53 Å². The number of ether oxygens (including phenoxy) is 1. The molecule has 0 unspecified atom stereocenters. The predicted molar refractivity (Wildman–Crippen MR) is 102 cm³/mol. The largest absolute Gasteiger partial charge is 0.492 e. The minimum absolute atomic E-state index is 0.0848. The topological polar surface area (TPSA) is 41.6 Å². The number of benzene rings is 2. The molecule has 0 aliphatic rings. The van der Waals surface area contributed by atoms with Crippen LogP contribution in [-0.4, -0.2) is 30.6 Å². The molecule has 0 saturated heterocycles. The van der Waals surface area contributed by atoms with Crippen molar-refractivity contribution in [2.75, 3.05) is 19.7 Å². The monoisotopic (exact) mass is 360 g/mol. The number of urea groups is 1. The maximum atomic E-state index is 12.3. The number of carbonyl (C=O) groups is 1. The molecule has 0 aliphatic carbocycles. The first-order valence-electron chi connectivity index (χ1n) is 8.47. The van der Waals surface area contributed by atoms with Crippen molar-refractivity contribution >= 4 is 17.6 Å². The highest BCUT2D eigenvalue weighted by Crippen LogP contribution is 2.25. The highest BCUT2D eigenvalue weighted by molar-refractivity contribution is 6.32. The summed E-state index contributed by atoms with van der Waals surface area (Å²) < 4.78 is 5.71. The first kappa shape index (κ1) is 19.1. The Morgan fingerprint density at radius 1 is 1.16 bits per heavy atom. The molecule has 4 nitrogen and oxygen atoms in total. The van der Waals surface area contributed by atoms with Gasteiger partial charge in [0.2, 0.25) is 0 Å². The van der Waals surface area contributed by atoms with Crippen LogP contribution >= 0.6 is 11.6 Å². The van der Waals surface area contributed by atoms with E-state index in [4.69, 9.17) is 16.3 Å². The lowest BCUT2D eigenvalue weighted by molar-refractivity contribution is 0.195. The van der Waals surface area contributed by atoms with Crippen molar-refractivity contribution in [1.29, 1.82) is 0 Å². The molecule has 0 radical (unpaired) electrons. The van der Waals surface area contributed by atoms with Gasteiger partial charge in [-0.05, 0) is 49.6 Å². The third-order valence-electron chi connectivity index (χ3n) is 3.94. The van der Waals surface area contributed by atoms with Crippen LogP contribution in [0.25, 0.3) is 0 Å². The molecule has 0 atom stereocenters. The van der Waals surface area contributed by atoms with Gasteiger partial charge in [0, 0.05) is 18.1 Å². The molecular weight excluding hydrogens is 336 g/mol. The van der Waals surface area contributed by atoms with E-state index in [-0.39, 0.29) is 6.03 Å². The van der Waals surface area contributed by atoms with Crippen LogP contribution in [0.3, 0.4) is 0 Å². The summed E-state index contributed by atoms with van der Waals surface area (Å²) in [5.41, 5.74) is 3.09. The Bertz CT molecular complexity index is 681. The molecule has 2 amide bonds. The fourth-order valence-corrected chi connectivity index (χ4v) is 2.67. The summed E-state index contributed by atoms with van der Waals surface area (Å²) in [6, 6.07) is 13.7. The van der Waals surface area contributed by atoms with Crippen molar-refractivity contribution in [2.24, 2.45) is 0 Å². The number of rotatable bonds is 7. The second kappa shape index (κ2) is 9.33. The normalized spacial score (nSPS) is 10.4. The van der Waals surface area contributed by atoms with Crippen LogP contribution < -0.4 is 10.1 Å². The average Bonchev–Trinajstić information content (AvgIpc) is 2.61. The summed E-state index contributed by atoms with van der Waals surface area (Å²) in [6.45, 7) is 7.98. The van der Waals surface area contributed by atoms with E-state index in [9.17, 15) is 4.79 Å². The van der Waals surface area contributed by atoms with Gasteiger partial charge in [0.15, 0.2) is 0 Å². The Kier molecular flexibility index (Phi) is 7.14. The number of nitrogens with one attached hydrogen (secondary N) is 1. The SMILES string of the molecule is CCN(Cc1ccccc1)C(=O)NCCOc1cc(C)c(Cl)c(C)c1. The van der Waals surface area contributed by atoms with Gasteiger partial charge in [-0.25, -0.2) is 4.79 Å². The Morgan fingerprint density at radius 3 is 2.40 bits per heavy atom. The first-order chi connectivity index (χ1) is 12.0. The van der Waals surface area contributed by atoms with Gasteiger partial charge in [-0.2, -0.15) is 0 Å². The smallest absolute Gasteiger partial charge is 0.317 e. The van der Waals surface area contributed by atoms with Crippen molar-refractivity contribution in [1.82, 2.24) is 10.2 Å². The Morgan fingerprint density at radius 2 is 1.80 bits per heavy atom. The van der Waals surface area contributed by atoms with Gasteiger partial charge in [0.1, 0.15) is 12.4 Å². The molecule has 0 spiro atoms. The Hall–Kier alpha value is -2.20. The Balaban J connectivity index is 1.79. The van der Waals surface area contributed by atoms with Crippen LogP contribution in [0, 0.1) is 13.8 Å². The van der Waals surface area contributed by atoms with Crippen molar-refractivity contribution in [3.8, 4) is 5.75 Å². The van der Waals surface area contributed by atoms with Crippen molar-refractivity contribution in [2.45, 2.75) is 27.3 Å². The second-order valence-electron chi connectivity index (χ2n) is 5.95. The zero-order chi connectivity index (χ0) is 18.2. The second-order valence-corrected chi connectivity index (χ2v) is 6.33. The summed E-state index contributed by atoms with van der Waals surface area (Å²) in [6.07, 6.45) is 0. The molecule has 134 valence electrons. The van der Waals surface area contributed by atoms with Gasteiger partial charge >= 0.3 is 6.03 Å². The van der Waals surface area contributed by atoms with E-state index < -0.39 is 0 Å². The molecule has 0 bridgehead atoms. The minimum atomic E-state index is -0.0848. The average molecular weight is 361 g/mol. The zero-order valence-electron chi connectivity index (χ0n) is 15.0. The third-order valence-corrected chi connectivity index (χ3v) is 4.54. The lowest BCUT2D eigenvalue weighted by Gasteiger charge is -2.21. The molecule has 25 heavy (non-hydrogen) atoms. The fourth-order valence-electron chi connectivity index (χ4n) is 2.56. The number of hydrogen-bond acceptors (Lipinski definition) is 2. The van der Waals surface area contributed by atoms with E-state index in [2.05, 4.69) is 5.32 Å². The van der Waals surface area contributed by atoms with Gasteiger partial charge in [-0.1, -0.05) is 41.9 Å². The number of carbonyl (C=O) groups excluding carboxylic acids is 1. The van der Waals surface area contributed by atoms with Crippen LogP contribution in [0.2, 0.25) is 5.02 Å². The molecule has 2 rings (SSSR count). The van der Waals surface area contributed by atoms with Gasteiger partial charge in [-0.15, -0.1) is 0 Å². The van der Waals surface area contributed by atoms with Gasteiger partial charge in [0.05, 0.1) is 6.54 Å². The number of hydrogen-bond donors (Lipinski definition) is 1. The lowest BCUT2D eigenvalue weighted by Crippen LogP contribution is -2.41. The zero-order valence-corrected chi connectivity index (χ0v) is 15.8. The minimum Gasteiger partial charge on any atom is -0.492 e. The predicted octanol–water partition coefficient (Wildman–Crippen LogP) is 4.57. The summed E-state index contributed by atoms with van der Waals surface area (Å²) in [4.78, 5) is 14.1. The summed E-state index contributed by atoms with van der Waals surface area (Å²) >= 11 is 6.15. The molecule has 1 N–H and O–H groups in total. The lowest BCUT2D eigenvalue weighted by atomic mass is 10.1. The van der Waals surface area contributed by atoms with Crippen LogP contribution in [0.4, 0.5) is 4.79 Å². The molecule has 0 aliphatic heterocycles.